The first-order valence-corrected chi connectivity index (χ1v) is 12.4. The van der Waals surface area contributed by atoms with Crippen molar-refractivity contribution in [1.29, 1.82) is 0 Å². The van der Waals surface area contributed by atoms with Gasteiger partial charge in [0.05, 0.1) is 12.6 Å². The second-order valence-corrected chi connectivity index (χ2v) is 9.66. The molecule has 182 valence electrons. The number of rotatable bonds is 10. The average molecular weight is 469 g/mol. The van der Waals surface area contributed by atoms with E-state index in [1.54, 1.807) is 7.11 Å². The molecule has 1 heterocycles. The van der Waals surface area contributed by atoms with Gasteiger partial charge in [0.2, 0.25) is 5.88 Å². The van der Waals surface area contributed by atoms with Gasteiger partial charge >= 0.3 is 0 Å². The Bertz CT molecular complexity index is 1240. The van der Waals surface area contributed by atoms with Crippen LogP contribution in [-0.4, -0.2) is 42.7 Å². The summed E-state index contributed by atoms with van der Waals surface area (Å²) in [7, 11) is 5.84. The van der Waals surface area contributed by atoms with Crippen LogP contribution >= 0.6 is 0 Å². The predicted molar refractivity (Wildman–Crippen MR) is 144 cm³/mol. The molecule has 0 aliphatic heterocycles. The number of hydrogen-bond acceptors (Lipinski definition) is 4. The molecule has 4 heteroatoms. The van der Waals surface area contributed by atoms with Gasteiger partial charge in [-0.25, -0.2) is 4.98 Å². The van der Waals surface area contributed by atoms with Crippen LogP contribution in [0.25, 0.3) is 10.9 Å². The van der Waals surface area contributed by atoms with Gasteiger partial charge < -0.3 is 14.7 Å². The van der Waals surface area contributed by atoms with Crippen molar-refractivity contribution in [2.24, 2.45) is 0 Å². The van der Waals surface area contributed by atoms with E-state index in [0.29, 0.717) is 12.3 Å². The van der Waals surface area contributed by atoms with Crippen LogP contribution in [0, 0.1) is 6.92 Å². The lowest BCUT2D eigenvalue weighted by Gasteiger charge is -2.38. The smallest absolute Gasteiger partial charge is 0.216 e. The maximum atomic E-state index is 12.6. The van der Waals surface area contributed by atoms with E-state index in [4.69, 9.17) is 4.74 Å². The highest BCUT2D eigenvalue weighted by atomic mass is 16.5. The fraction of sp³-hybridized carbons (Fsp3) is 0.323. The lowest BCUT2D eigenvalue weighted by Crippen LogP contribution is -2.34. The molecule has 0 saturated carbocycles. The molecule has 0 spiro atoms. The fourth-order valence-corrected chi connectivity index (χ4v) is 5.06. The standard InChI is InChI=1S/C31H36N2O2/c1-23-21-26-22-25(17-18-28(26)32-30(23)35-4)29(24-13-7-5-8-14-24)31(34,19-11-12-20-33(2)3)27-15-9-6-10-16-27/h5-10,13-18,21-22,29,34H,11-12,19-20H2,1-4H3. The van der Waals surface area contributed by atoms with Crippen molar-refractivity contribution >= 4 is 10.9 Å². The van der Waals surface area contributed by atoms with Gasteiger partial charge in [-0.1, -0.05) is 66.7 Å². The predicted octanol–water partition coefficient (Wildman–Crippen LogP) is 6.30. The number of aryl methyl sites for hydroxylation is 1. The summed E-state index contributed by atoms with van der Waals surface area (Å²) in [5.41, 5.74) is 3.95. The van der Waals surface area contributed by atoms with Crippen molar-refractivity contribution in [3.63, 3.8) is 0 Å². The number of unbranched alkanes of at least 4 members (excludes halogenated alkanes) is 1. The molecule has 4 aromatic rings. The first-order valence-electron chi connectivity index (χ1n) is 12.4. The van der Waals surface area contributed by atoms with E-state index in [0.717, 1.165) is 52.5 Å². The molecule has 0 saturated heterocycles. The van der Waals surface area contributed by atoms with Gasteiger partial charge in [-0.05, 0) is 81.7 Å². The highest BCUT2D eigenvalue weighted by Gasteiger charge is 2.40. The average Bonchev–Trinajstić information content (AvgIpc) is 2.87. The number of nitrogens with zero attached hydrogens (tertiary/aromatic N) is 2. The summed E-state index contributed by atoms with van der Waals surface area (Å²) in [5.74, 6) is 0.420. The van der Waals surface area contributed by atoms with E-state index < -0.39 is 5.60 Å². The van der Waals surface area contributed by atoms with Crippen molar-refractivity contribution in [2.45, 2.75) is 37.7 Å². The molecule has 0 amide bonds. The SMILES string of the molecule is COc1nc2ccc(C(c3ccccc3)C(O)(CCCCN(C)C)c3ccccc3)cc2cc1C. The van der Waals surface area contributed by atoms with Crippen LogP contribution < -0.4 is 4.74 Å². The monoisotopic (exact) mass is 468 g/mol. The summed E-state index contributed by atoms with van der Waals surface area (Å²) < 4.78 is 5.43. The highest BCUT2D eigenvalue weighted by molar-refractivity contribution is 5.81. The Morgan fingerprint density at radius 1 is 0.886 bits per heavy atom. The van der Waals surface area contributed by atoms with E-state index in [-0.39, 0.29) is 5.92 Å². The van der Waals surface area contributed by atoms with Crippen molar-refractivity contribution in [3.05, 3.63) is 107 Å². The van der Waals surface area contributed by atoms with Crippen LogP contribution in [0.2, 0.25) is 0 Å². The van der Waals surface area contributed by atoms with E-state index in [9.17, 15) is 5.11 Å². The van der Waals surface area contributed by atoms with Crippen LogP contribution in [0.5, 0.6) is 5.88 Å². The van der Waals surface area contributed by atoms with Crippen molar-refractivity contribution in [2.75, 3.05) is 27.7 Å². The summed E-state index contributed by atoms with van der Waals surface area (Å²) in [4.78, 5) is 6.87. The molecule has 0 fully saturated rings. The summed E-state index contributed by atoms with van der Waals surface area (Å²) in [6, 6.07) is 29.0. The Balaban J connectivity index is 1.85. The number of hydrogen-bond donors (Lipinski definition) is 1. The van der Waals surface area contributed by atoms with Crippen molar-refractivity contribution in [1.82, 2.24) is 9.88 Å². The molecule has 4 nitrogen and oxygen atoms in total. The Hall–Kier alpha value is -3.21. The molecular weight excluding hydrogens is 432 g/mol. The molecule has 0 radical (unpaired) electrons. The van der Waals surface area contributed by atoms with Gasteiger partial charge in [-0.3, -0.25) is 0 Å². The van der Waals surface area contributed by atoms with Gasteiger partial charge in [0.1, 0.15) is 5.60 Å². The number of methoxy groups -OCH3 is 1. The number of benzene rings is 3. The zero-order valence-corrected chi connectivity index (χ0v) is 21.2. The third kappa shape index (κ3) is 5.55. The van der Waals surface area contributed by atoms with Gasteiger partial charge in [0.15, 0.2) is 0 Å². The van der Waals surface area contributed by atoms with Crippen LogP contribution in [0.1, 0.15) is 47.4 Å². The van der Waals surface area contributed by atoms with Gasteiger partial charge in [-0.2, -0.15) is 0 Å². The minimum Gasteiger partial charge on any atom is -0.481 e. The number of ether oxygens (including phenoxy) is 1. The maximum Gasteiger partial charge on any atom is 0.216 e. The van der Waals surface area contributed by atoms with Crippen molar-refractivity contribution in [3.8, 4) is 5.88 Å². The Morgan fingerprint density at radius 3 is 2.23 bits per heavy atom. The Labute approximate surface area is 209 Å². The van der Waals surface area contributed by atoms with Gasteiger partial charge in [0, 0.05) is 16.9 Å². The second kappa shape index (κ2) is 11.0. The van der Waals surface area contributed by atoms with Crippen LogP contribution in [-0.2, 0) is 5.60 Å². The Kier molecular flexibility index (Phi) is 7.84. The van der Waals surface area contributed by atoms with Crippen molar-refractivity contribution < 1.29 is 9.84 Å². The molecule has 0 aliphatic carbocycles. The van der Waals surface area contributed by atoms with Crippen LogP contribution in [0.4, 0.5) is 0 Å². The first kappa shape index (κ1) is 24.9. The molecule has 35 heavy (non-hydrogen) atoms. The Morgan fingerprint density at radius 2 is 1.57 bits per heavy atom. The summed E-state index contributed by atoms with van der Waals surface area (Å²) in [6.45, 7) is 3.02. The topological polar surface area (TPSA) is 45.6 Å². The maximum absolute atomic E-state index is 12.6. The fourth-order valence-electron chi connectivity index (χ4n) is 5.06. The molecule has 3 aromatic carbocycles. The lowest BCUT2D eigenvalue weighted by atomic mass is 9.71. The number of pyridine rings is 1. The van der Waals surface area contributed by atoms with E-state index in [1.165, 1.54) is 0 Å². The number of aliphatic hydroxyl groups is 1. The third-order valence-electron chi connectivity index (χ3n) is 6.81. The first-order chi connectivity index (χ1) is 16.9. The minimum absolute atomic E-state index is 0.225. The summed E-state index contributed by atoms with van der Waals surface area (Å²) in [5, 5.41) is 13.6. The molecule has 0 bridgehead atoms. The van der Waals surface area contributed by atoms with E-state index in [2.05, 4.69) is 78.6 Å². The van der Waals surface area contributed by atoms with Gasteiger partial charge in [0.25, 0.3) is 0 Å². The third-order valence-corrected chi connectivity index (χ3v) is 6.81. The minimum atomic E-state index is -1.06. The number of aromatic nitrogens is 1. The lowest BCUT2D eigenvalue weighted by molar-refractivity contribution is 0.00752. The highest BCUT2D eigenvalue weighted by Crippen LogP contribution is 2.45. The zero-order valence-electron chi connectivity index (χ0n) is 21.2. The quantitative estimate of drug-likeness (QED) is 0.277. The zero-order chi connectivity index (χ0) is 24.8. The second-order valence-electron chi connectivity index (χ2n) is 9.66. The largest absolute Gasteiger partial charge is 0.481 e. The van der Waals surface area contributed by atoms with E-state index in [1.807, 2.05) is 37.3 Å². The molecule has 4 rings (SSSR count). The van der Waals surface area contributed by atoms with Crippen LogP contribution in [0.15, 0.2) is 84.9 Å². The van der Waals surface area contributed by atoms with Crippen LogP contribution in [0.3, 0.4) is 0 Å². The number of fused-ring (bicyclic) bond motifs is 1. The molecule has 0 aliphatic rings. The summed E-state index contributed by atoms with van der Waals surface area (Å²) >= 11 is 0. The molecule has 2 unspecified atom stereocenters. The normalized spacial score (nSPS) is 14.1. The molecular formula is C31H36N2O2. The summed E-state index contributed by atoms with van der Waals surface area (Å²) in [6.07, 6.45) is 2.63. The molecule has 1 N–H and O–H groups in total. The molecule has 1 aromatic heterocycles. The van der Waals surface area contributed by atoms with E-state index >= 15 is 0 Å². The van der Waals surface area contributed by atoms with Gasteiger partial charge in [-0.15, -0.1) is 0 Å². The molecule has 2 atom stereocenters.